The number of hydrogen-bond acceptors (Lipinski definition) is 2. The lowest BCUT2D eigenvalue weighted by Crippen LogP contribution is -2.38. The summed E-state index contributed by atoms with van der Waals surface area (Å²) in [7, 11) is 0. The highest BCUT2D eigenvalue weighted by Crippen LogP contribution is 2.11. The van der Waals surface area contributed by atoms with Gasteiger partial charge in [-0.05, 0) is 39.0 Å². The van der Waals surface area contributed by atoms with Gasteiger partial charge in [0.15, 0.2) is 0 Å². The second kappa shape index (κ2) is 19.4. The van der Waals surface area contributed by atoms with Crippen molar-refractivity contribution in [3.05, 3.63) is 12.2 Å². The minimum atomic E-state index is -0.986. The standard InChI is InChI=1S/C23H43NO3/c1-3-4-5-6-7-8-9-10-11-12-13-14-15-16-17-18-19-20-22(25)24-21(2)23(26)27/h10-11,21H,3-9,12-20H2,1-2H3,(H,24,25)(H,26,27)/b11-10-/t21-/m0/s1. The van der Waals surface area contributed by atoms with E-state index in [0.717, 1.165) is 19.3 Å². The first kappa shape index (κ1) is 25.7. The van der Waals surface area contributed by atoms with E-state index in [1.54, 1.807) is 0 Å². The fraction of sp³-hybridized carbons (Fsp3) is 0.826. The average Bonchev–Trinajstić information content (AvgIpc) is 2.64. The van der Waals surface area contributed by atoms with E-state index in [1.807, 2.05) is 0 Å². The predicted molar refractivity (Wildman–Crippen MR) is 114 cm³/mol. The molecule has 0 saturated carbocycles. The van der Waals surface area contributed by atoms with E-state index in [2.05, 4.69) is 24.4 Å². The van der Waals surface area contributed by atoms with Gasteiger partial charge >= 0.3 is 5.97 Å². The van der Waals surface area contributed by atoms with Gasteiger partial charge in [0.2, 0.25) is 5.91 Å². The second-order valence-corrected chi connectivity index (χ2v) is 7.67. The Morgan fingerprint density at radius 3 is 1.70 bits per heavy atom. The first-order valence-electron chi connectivity index (χ1n) is 11.2. The van der Waals surface area contributed by atoms with Crippen molar-refractivity contribution in [2.75, 3.05) is 0 Å². The first-order valence-corrected chi connectivity index (χ1v) is 11.2. The Morgan fingerprint density at radius 1 is 0.778 bits per heavy atom. The van der Waals surface area contributed by atoms with Crippen molar-refractivity contribution in [2.45, 2.75) is 123 Å². The number of aliphatic carboxylic acids is 1. The van der Waals surface area contributed by atoms with Crippen molar-refractivity contribution in [1.29, 1.82) is 0 Å². The van der Waals surface area contributed by atoms with Crippen LogP contribution in [-0.4, -0.2) is 23.0 Å². The van der Waals surface area contributed by atoms with Crippen LogP contribution in [0.4, 0.5) is 0 Å². The third-order valence-electron chi connectivity index (χ3n) is 4.91. The molecule has 0 aliphatic carbocycles. The summed E-state index contributed by atoms with van der Waals surface area (Å²) in [6.07, 6.45) is 23.9. The largest absolute Gasteiger partial charge is 0.480 e. The number of hydrogen-bond donors (Lipinski definition) is 2. The van der Waals surface area contributed by atoms with Gasteiger partial charge < -0.3 is 10.4 Å². The summed E-state index contributed by atoms with van der Waals surface area (Å²) in [4.78, 5) is 22.2. The monoisotopic (exact) mass is 381 g/mol. The number of allylic oxidation sites excluding steroid dienone is 2. The summed E-state index contributed by atoms with van der Waals surface area (Å²) >= 11 is 0. The highest BCUT2D eigenvalue weighted by atomic mass is 16.4. The van der Waals surface area contributed by atoms with Gasteiger partial charge in [-0.1, -0.05) is 83.3 Å². The molecule has 0 rings (SSSR count). The van der Waals surface area contributed by atoms with E-state index < -0.39 is 12.0 Å². The number of nitrogens with one attached hydrogen (secondary N) is 1. The molecule has 0 spiro atoms. The van der Waals surface area contributed by atoms with E-state index in [1.165, 1.54) is 84.0 Å². The molecule has 0 aromatic heterocycles. The Hall–Kier alpha value is -1.32. The molecule has 0 aromatic carbocycles. The van der Waals surface area contributed by atoms with Crippen LogP contribution in [0.25, 0.3) is 0 Å². The molecule has 0 bridgehead atoms. The summed E-state index contributed by atoms with van der Waals surface area (Å²) < 4.78 is 0. The molecule has 0 radical (unpaired) electrons. The summed E-state index contributed by atoms with van der Waals surface area (Å²) in [6, 6.07) is -0.794. The van der Waals surface area contributed by atoms with Crippen LogP contribution in [0.15, 0.2) is 12.2 Å². The highest BCUT2D eigenvalue weighted by Gasteiger charge is 2.12. The molecule has 0 aliphatic rings. The molecule has 1 amide bonds. The Labute approximate surface area is 167 Å². The van der Waals surface area contributed by atoms with E-state index in [9.17, 15) is 9.59 Å². The number of carboxylic acid groups (broad SMARTS) is 1. The number of carbonyl (C=O) groups excluding carboxylic acids is 1. The van der Waals surface area contributed by atoms with E-state index in [-0.39, 0.29) is 5.91 Å². The fourth-order valence-corrected chi connectivity index (χ4v) is 3.09. The van der Waals surface area contributed by atoms with Crippen LogP contribution < -0.4 is 5.32 Å². The maximum absolute atomic E-state index is 11.5. The van der Waals surface area contributed by atoms with E-state index in [4.69, 9.17) is 5.11 Å². The Kier molecular flexibility index (Phi) is 18.5. The second-order valence-electron chi connectivity index (χ2n) is 7.67. The summed E-state index contributed by atoms with van der Waals surface area (Å²) in [5.41, 5.74) is 0. The molecule has 0 fully saturated rings. The van der Waals surface area contributed by atoms with Gasteiger partial charge in [-0.25, -0.2) is 0 Å². The topological polar surface area (TPSA) is 66.4 Å². The van der Waals surface area contributed by atoms with Crippen molar-refractivity contribution < 1.29 is 14.7 Å². The maximum atomic E-state index is 11.5. The first-order chi connectivity index (χ1) is 13.1. The molecule has 0 heterocycles. The molecular formula is C23H43NO3. The SMILES string of the molecule is CCCCCCCC/C=C\CCCCCCCCCC(=O)N[C@@H](C)C(=O)O. The van der Waals surface area contributed by atoms with Crippen LogP contribution in [0.1, 0.15) is 117 Å². The van der Waals surface area contributed by atoms with E-state index >= 15 is 0 Å². The van der Waals surface area contributed by atoms with Crippen molar-refractivity contribution in [3.63, 3.8) is 0 Å². The smallest absolute Gasteiger partial charge is 0.325 e. The Morgan fingerprint density at radius 2 is 1.22 bits per heavy atom. The lowest BCUT2D eigenvalue weighted by Gasteiger charge is -2.08. The minimum absolute atomic E-state index is 0.155. The molecule has 27 heavy (non-hydrogen) atoms. The van der Waals surface area contributed by atoms with Gasteiger partial charge in [0.05, 0.1) is 0 Å². The van der Waals surface area contributed by atoms with Crippen LogP contribution in [0.5, 0.6) is 0 Å². The van der Waals surface area contributed by atoms with Gasteiger partial charge in [-0.2, -0.15) is 0 Å². The van der Waals surface area contributed by atoms with Gasteiger partial charge in [0.1, 0.15) is 6.04 Å². The minimum Gasteiger partial charge on any atom is -0.480 e. The maximum Gasteiger partial charge on any atom is 0.325 e. The summed E-state index contributed by atoms with van der Waals surface area (Å²) in [5, 5.41) is 11.2. The zero-order valence-corrected chi connectivity index (χ0v) is 17.8. The molecule has 4 nitrogen and oxygen atoms in total. The third kappa shape index (κ3) is 19.3. The van der Waals surface area contributed by atoms with Gasteiger partial charge in [0.25, 0.3) is 0 Å². The number of amides is 1. The molecule has 158 valence electrons. The van der Waals surface area contributed by atoms with Crippen molar-refractivity contribution in [3.8, 4) is 0 Å². The molecule has 1 atom stereocenters. The molecule has 0 unspecified atom stereocenters. The third-order valence-corrected chi connectivity index (χ3v) is 4.91. The van der Waals surface area contributed by atoms with Crippen LogP contribution >= 0.6 is 0 Å². The van der Waals surface area contributed by atoms with Gasteiger partial charge in [-0.15, -0.1) is 0 Å². The van der Waals surface area contributed by atoms with Crippen LogP contribution in [0.3, 0.4) is 0 Å². The molecular weight excluding hydrogens is 338 g/mol. The molecule has 0 saturated heterocycles. The average molecular weight is 382 g/mol. The van der Waals surface area contributed by atoms with Crippen molar-refractivity contribution in [1.82, 2.24) is 5.32 Å². The van der Waals surface area contributed by atoms with Crippen LogP contribution in [0.2, 0.25) is 0 Å². The van der Waals surface area contributed by atoms with Crippen LogP contribution in [0, 0.1) is 0 Å². The molecule has 0 aliphatic heterocycles. The Bertz CT molecular complexity index is 393. The normalized spacial score (nSPS) is 12.4. The lowest BCUT2D eigenvalue weighted by atomic mass is 10.1. The predicted octanol–water partition coefficient (Wildman–Crippen LogP) is 6.39. The van der Waals surface area contributed by atoms with Gasteiger partial charge in [-0.3, -0.25) is 9.59 Å². The highest BCUT2D eigenvalue weighted by molar-refractivity contribution is 5.83. The Balaban J connectivity index is 3.25. The molecule has 2 N–H and O–H groups in total. The summed E-state index contributed by atoms with van der Waals surface area (Å²) in [6.45, 7) is 3.75. The number of unbranched alkanes of at least 4 members (excludes halogenated alkanes) is 13. The lowest BCUT2D eigenvalue weighted by molar-refractivity contribution is -0.141. The van der Waals surface area contributed by atoms with Crippen LogP contribution in [-0.2, 0) is 9.59 Å². The molecule has 4 heteroatoms. The zero-order chi connectivity index (χ0) is 20.2. The van der Waals surface area contributed by atoms with Gasteiger partial charge in [0, 0.05) is 6.42 Å². The fourth-order valence-electron chi connectivity index (χ4n) is 3.09. The van der Waals surface area contributed by atoms with Crippen molar-refractivity contribution in [2.24, 2.45) is 0 Å². The number of carbonyl (C=O) groups is 2. The quantitative estimate of drug-likeness (QED) is 0.201. The number of rotatable bonds is 19. The number of carboxylic acids is 1. The zero-order valence-electron chi connectivity index (χ0n) is 17.8. The molecule has 0 aromatic rings. The summed E-state index contributed by atoms with van der Waals surface area (Å²) in [5.74, 6) is -1.14. The van der Waals surface area contributed by atoms with E-state index in [0.29, 0.717) is 6.42 Å². The van der Waals surface area contributed by atoms with Crippen molar-refractivity contribution >= 4 is 11.9 Å².